The third kappa shape index (κ3) is 4.01. The first-order chi connectivity index (χ1) is 13.9. The van der Waals surface area contributed by atoms with Crippen LogP contribution in [0.1, 0.15) is 11.1 Å². The van der Waals surface area contributed by atoms with E-state index in [1.54, 1.807) is 25.3 Å². The number of benzene rings is 2. The molecule has 1 fully saturated rings. The number of hydrogen-bond acceptors (Lipinski definition) is 6. The van der Waals surface area contributed by atoms with Crippen molar-refractivity contribution in [3.05, 3.63) is 54.3 Å². The van der Waals surface area contributed by atoms with Gasteiger partial charge in [-0.1, -0.05) is 11.6 Å². The smallest absolute Gasteiger partial charge is 0.293 e. The number of nitrogens with zero attached hydrogens (tertiary/aromatic N) is 1. The number of amides is 2. The third-order valence-corrected chi connectivity index (χ3v) is 6.70. The molecule has 0 saturated carbocycles. The van der Waals surface area contributed by atoms with Gasteiger partial charge in [0, 0.05) is 11.1 Å². The standard InChI is InChI=1S/C19H12Br2ClNO5S/c1-26-17-11(20)2-9(3-12(17)21)4-16-18(24)23(19(25)29-16)7-10-5-14-15(6-13(10)22)28-8-27-14/h2-6H,7-8H2,1H3/b16-4-. The van der Waals surface area contributed by atoms with Crippen LogP contribution >= 0.6 is 55.2 Å². The molecule has 0 spiro atoms. The Labute approximate surface area is 192 Å². The summed E-state index contributed by atoms with van der Waals surface area (Å²) in [5.74, 6) is 1.35. The third-order valence-electron chi connectivity index (χ3n) is 4.27. The van der Waals surface area contributed by atoms with Gasteiger partial charge in [-0.3, -0.25) is 14.5 Å². The van der Waals surface area contributed by atoms with Crippen LogP contribution in [-0.2, 0) is 11.3 Å². The number of ether oxygens (including phenoxy) is 3. The summed E-state index contributed by atoms with van der Waals surface area (Å²) in [5, 5.41) is 0.0434. The zero-order chi connectivity index (χ0) is 20.7. The molecule has 0 radical (unpaired) electrons. The van der Waals surface area contributed by atoms with Gasteiger partial charge in [0.2, 0.25) is 6.79 Å². The lowest BCUT2D eigenvalue weighted by Gasteiger charge is -2.14. The number of fused-ring (bicyclic) bond motifs is 1. The lowest BCUT2D eigenvalue weighted by atomic mass is 10.1. The fourth-order valence-electron chi connectivity index (χ4n) is 2.90. The number of methoxy groups -OCH3 is 1. The number of carbonyl (C=O) groups excluding carboxylic acids is 2. The fourth-order valence-corrected chi connectivity index (χ4v) is 5.49. The highest BCUT2D eigenvalue weighted by Crippen LogP contribution is 2.40. The molecule has 2 aromatic rings. The number of carbonyl (C=O) groups is 2. The molecular weight excluding hydrogens is 550 g/mol. The Bertz CT molecular complexity index is 1050. The summed E-state index contributed by atoms with van der Waals surface area (Å²) in [5.41, 5.74) is 1.35. The van der Waals surface area contributed by atoms with E-state index in [1.807, 2.05) is 12.1 Å². The lowest BCUT2D eigenvalue weighted by molar-refractivity contribution is -0.123. The number of rotatable bonds is 4. The van der Waals surface area contributed by atoms with E-state index in [0.29, 0.717) is 32.7 Å². The minimum atomic E-state index is -0.378. The van der Waals surface area contributed by atoms with Crippen LogP contribution in [0.4, 0.5) is 4.79 Å². The Balaban J connectivity index is 1.59. The van der Waals surface area contributed by atoms with Gasteiger partial charge in [0.15, 0.2) is 11.5 Å². The zero-order valence-electron chi connectivity index (χ0n) is 14.8. The number of imide groups is 1. The fraction of sp³-hybridized carbons (Fsp3) is 0.158. The van der Waals surface area contributed by atoms with E-state index in [0.717, 1.165) is 31.2 Å². The summed E-state index contributed by atoms with van der Waals surface area (Å²) in [6.07, 6.45) is 1.67. The topological polar surface area (TPSA) is 65.1 Å². The molecule has 4 rings (SSSR count). The molecule has 0 bridgehead atoms. The summed E-state index contributed by atoms with van der Waals surface area (Å²) in [6.45, 7) is 0.167. The quantitative estimate of drug-likeness (QED) is 0.437. The van der Waals surface area contributed by atoms with Crippen LogP contribution in [0.5, 0.6) is 17.2 Å². The van der Waals surface area contributed by atoms with E-state index in [1.165, 1.54) is 0 Å². The van der Waals surface area contributed by atoms with E-state index in [-0.39, 0.29) is 24.5 Å². The van der Waals surface area contributed by atoms with Gasteiger partial charge < -0.3 is 14.2 Å². The first-order valence-electron chi connectivity index (χ1n) is 8.24. The van der Waals surface area contributed by atoms with Crippen LogP contribution in [-0.4, -0.2) is 29.9 Å². The van der Waals surface area contributed by atoms with Crippen LogP contribution in [0.15, 0.2) is 38.1 Å². The van der Waals surface area contributed by atoms with Crippen LogP contribution in [0.25, 0.3) is 6.08 Å². The zero-order valence-corrected chi connectivity index (χ0v) is 19.6. The van der Waals surface area contributed by atoms with E-state index in [2.05, 4.69) is 31.9 Å². The summed E-state index contributed by atoms with van der Waals surface area (Å²) in [4.78, 5) is 26.8. The second kappa shape index (κ2) is 8.22. The normalized spacial score (nSPS) is 16.8. The van der Waals surface area contributed by atoms with Crippen LogP contribution < -0.4 is 14.2 Å². The van der Waals surface area contributed by atoms with Gasteiger partial charge in [-0.25, -0.2) is 0 Å². The molecule has 2 aliphatic heterocycles. The SMILES string of the molecule is COc1c(Br)cc(/C=C2\SC(=O)N(Cc3cc4c(cc3Cl)OCO4)C2=O)cc1Br. The Hall–Kier alpha value is -1.68. The molecule has 29 heavy (non-hydrogen) atoms. The first kappa shape index (κ1) is 20.6. The van der Waals surface area contributed by atoms with Gasteiger partial charge >= 0.3 is 0 Å². The second-order valence-electron chi connectivity index (χ2n) is 6.08. The molecular formula is C19H12Br2ClNO5S. The minimum absolute atomic E-state index is 0.0491. The van der Waals surface area contributed by atoms with E-state index < -0.39 is 0 Å². The molecule has 1 saturated heterocycles. The van der Waals surface area contributed by atoms with Crippen molar-refractivity contribution in [2.24, 2.45) is 0 Å². The van der Waals surface area contributed by atoms with Crippen molar-refractivity contribution in [1.82, 2.24) is 4.90 Å². The summed E-state index contributed by atoms with van der Waals surface area (Å²) < 4.78 is 17.4. The predicted octanol–water partition coefficient (Wildman–Crippen LogP) is 5.84. The molecule has 0 N–H and O–H groups in total. The van der Waals surface area contributed by atoms with E-state index in [9.17, 15) is 9.59 Å². The van der Waals surface area contributed by atoms with Crippen LogP contribution in [0.3, 0.4) is 0 Å². The Morgan fingerprint density at radius 1 is 1.17 bits per heavy atom. The maximum Gasteiger partial charge on any atom is 0.293 e. The monoisotopic (exact) mass is 559 g/mol. The number of thioether (sulfide) groups is 1. The Morgan fingerprint density at radius 2 is 1.83 bits per heavy atom. The van der Waals surface area contributed by atoms with Crippen molar-refractivity contribution >= 4 is 72.4 Å². The molecule has 2 aliphatic rings. The molecule has 150 valence electrons. The van der Waals surface area contributed by atoms with Crippen LogP contribution in [0, 0.1) is 0 Å². The van der Waals surface area contributed by atoms with Crippen molar-refractivity contribution in [3.63, 3.8) is 0 Å². The molecule has 0 unspecified atom stereocenters. The van der Waals surface area contributed by atoms with Crippen molar-refractivity contribution in [2.75, 3.05) is 13.9 Å². The van der Waals surface area contributed by atoms with Gasteiger partial charge in [0.25, 0.3) is 11.1 Å². The maximum absolute atomic E-state index is 12.8. The Morgan fingerprint density at radius 3 is 2.48 bits per heavy atom. The average molecular weight is 562 g/mol. The molecule has 2 aromatic carbocycles. The number of halogens is 3. The molecule has 10 heteroatoms. The molecule has 0 aliphatic carbocycles. The molecule has 2 heterocycles. The van der Waals surface area contributed by atoms with E-state index >= 15 is 0 Å². The first-order valence-corrected chi connectivity index (χ1v) is 11.0. The predicted molar refractivity (Wildman–Crippen MR) is 117 cm³/mol. The van der Waals surface area contributed by atoms with Gasteiger partial charge in [-0.2, -0.15) is 0 Å². The molecule has 0 atom stereocenters. The van der Waals surface area contributed by atoms with Gasteiger partial charge in [-0.05, 0) is 79.0 Å². The van der Waals surface area contributed by atoms with Crippen molar-refractivity contribution < 1.29 is 23.8 Å². The summed E-state index contributed by atoms with van der Waals surface area (Å²) in [6, 6.07) is 6.94. The van der Waals surface area contributed by atoms with Crippen LogP contribution in [0.2, 0.25) is 5.02 Å². The van der Waals surface area contributed by atoms with E-state index in [4.69, 9.17) is 25.8 Å². The van der Waals surface area contributed by atoms with Crippen molar-refractivity contribution in [3.8, 4) is 17.2 Å². The highest BCUT2D eigenvalue weighted by Gasteiger charge is 2.35. The lowest BCUT2D eigenvalue weighted by Crippen LogP contribution is -2.27. The second-order valence-corrected chi connectivity index (χ2v) is 9.19. The van der Waals surface area contributed by atoms with Crippen molar-refractivity contribution in [2.45, 2.75) is 6.54 Å². The molecule has 6 nitrogen and oxygen atoms in total. The highest BCUT2D eigenvalue weighted by atomic mass is 79.9. The minimum Gasteiger partial charge on any atom is -0.494 e. The largest absolute Gasteiger partial charge is 0.494 e. The van der Waals surface area contributed by atoms with Gasteiger partial charge in [0.05, 0.1) is 27.5 Å². The van der Waals surface area contributed by atoms with Gasteiger partial charge in [0.1, 0.15) is 5.75 Å². The number of hydrogen-bond donors (Lipinski definition) is 0. The highest BCUT2D eigenvalue weighted by molar-refractivity contribution is 9.11. The van der Waals surface area contributed by atoms with Crippen molar-refractivity contribution in [1.29, 1.82) is 0 Å². The maximum atomic E-state index is 12.8. The molecule has 2 amide bonds. The summed E-state index contributed by atoms with van der Waals surface area (Å²) >= 11 is 14.0. The summed E-state index contributed by atoms with van der Waals surface area (Å²) in [7, 11) is 1.57. The molecule has 0 aromatic heterocycles. The average Bonchev–Trinajstić information content (AvgIpc) is 3.21. The Kier molecular flexibility index (Phi) is 5.83. The van der Waals surface area contributed by atoms with Gasteiger partial charge in [-0.15, -0.1) is 0 Å².